The summed E-state index contributed by atoms with van der Waals surface area (Å²) in [7, 11) is 1.64. The van der Waals surface area contributed by atoms with E-state index < -0.39 is 0 Å². The lowest BCUT2D eigenvalue weighted by atomic mass is 10.0. The second-order valence-electron chi connectivity index (χ2n) is 4.39. The maximum Gasteiger partial charge on any atom is 0.410 e. The van der Waals surface area contributed by atoms with E-state index in [1.54, 1.807) is 12.0 Å². The van der Waals surface area contributed by atoms with Gasteiger partial charge < -0.3 is 14.8 Å². The van der Waals surface area contributed by atoms with Crippen LogP contribution in [0.3, 0.4) is 0 Å². The van der Waals surface area contributed by atoms with Crippen LogP contribution in [0, 0.1) is 0 Å². The van der Waals surface area contributed by atoms with Crippen LogP contribution in [0.2, 0.25) is 0 Å². The molecule has 104 valence electrons. The fourth-order valence-corrected chi connectivity index (χ4v) is 2.25. The van der Waals surface area contributed by atoms with E-state index in [2.05, 4.69) is 5.32 Å². The molecule has 1 saturated heterocycles. The molecule has 5 heteroatoms. The lowest BCUT2D eigenvalue weighted by Crippen LogP contribution is -2.48. The molecule has 1 heterocycles. The van der Waals surface area contributed by atoms with Crippen LogP contribution in [0.15, 0.2) is 24.3 Å². The van der Waals surface area contributed by atoms with Gasteiger partial charge in [-0.05, 0) is 24.6 Å². The van der Waals surface area contributed by atoms with Gasteiger partial charge in [-0.15, -0.1) is 0 Å². The van der Waals surface area contributed by atoms with Gasteiger partial charge in [-0.2, -0.15) is 0 Å². The number of amides is 1. The Labute approximate surface area is 113 Å². The highest BCUT2D eigenvalue weighted by atomic mass is 16.6. The molecule has 0 bridgehead atoms. The van der Waals surface area contributed by atoms with Crippen molar-refractivity contribution >= 4 is 6.09 Å². The Hall–Kier alpha value is -1.75. The number of methoxy groups -OCH3 is 1. The Bertz CT molecular complexity index is 419. The Balaban J connectivity index is 2.15. The van der Waals surface area contributed by atoms with E-state index in [0.29, 0.717) is 13.2 Å². The maximum atomic E-state index is 12.0. The lowest BCUT2D eigenvalue weighted by molar-refractivity contribution is 0.0811. The number of nitrogens with one attached hydrogen (secondary N) is 1. The van der Waals surface area contributed by atoms with Crippen molar-refractivity contribution in [2.45, 2.75) is 13.0 Å². The van der Waals surface area contributed by atoms with E-state index in [0.717, 1.165) is 24.4 Å². The summed E-state index contributed by atoms with van der Waals surface area (Å²) >= 11 is 0. The van der Waals surface area contributed by atoms with Crippen LogP contribution in [0.5, 0.6) is 5.75 Å². The minimum atomic E-state index is -0.246. The van der Waals surface area contributed by atoms with Crippen LogP contribution < -0.4 is 10.1 Å². The number of ether oxygens (including phenoxy) is 2. The first-order valence-electron chi connectivity index (χ1n) is 6.54. The second kappa shape index (κ2) is 6.43. The third-order valence-corrected chi connectivity index (χ3v) is 3.25. The van der Waals surface area contributed by atoms with Gasteiger partial charge in [-0.1, -0.05) is 12.1 Å². The SMILES string of the molecule is CCOC(=O)N1CCNCC1c1ccc(OC)cc1. The smallest absolute Gasteiger partial charge is 0.410 e. The molecule has 2 rings (SSSR count). The van der Waals surface area contributed by atoms with Gasteiger partial charge in [-0.3, -0.25) is 4.90 Å². The van der Waals surface area contributed by atoms with Crippen molar-refractivity contribution in [3.05, 3.63) is 29.8 Å². The largest absolute Gasteiger partial charge is 0.497 e. The quantitative estimate of drug-likeness (QED) is 0.904. The highest BCUT2D eigenvalue weighted by molar-refractivity contribution is 5.68. The van der Waals surface area contributed by atoms with Crippen molar-refractivity contribution < 1.29 is 14.3 Å². The predicted molar refractivity (Wildman–Crippen MR) is 72.3 cm³/mol. The summed E-state index contributed by atoms with van der Waals surface area (Å²) in [6, 6.07) is 7.81. The van der Waals surface area contributed by atoms with E-state index >= 15 is 0 Å². The molecule has 1 fully saturated rings. The van der Waals surface area contributed by atoms with E-state index in [9.17, 15) is 4.79 Å². The molecule has 1 N–H and O–H groups in total. The molecule has 1 aliphatic heterocycles. The number of carbonyl (C=O) groups excluding carboxylic acids is 1. The zero-order valence-corrected chi connectivity index (χ0v) is 11.4. The highest BCUT2D eigenvalue weighted by Crippen LogP contribution is 2.24. The monoisotopic (exact) mass is 264 g/mol. The molecule has 1 aromatic carbocycles. The molecular weight excluding hydrogens is 244 g/mol. The van der Waals surface area contributed by atoms with Crippen molar-refractivity contribution in [2.24, 2.45) is 0 Å². The Morgan fingerprint density at radius 3 is 2.79 bits per heavy atom. The summed E-state index contributed by atoms with van der Waals surface area (Å²) in [6.07, 6.45) is -0.246. The van der Waals surface area contributed by atoms with Crippen molar-refractivity contribution in [1.29, 1.82) is 0 Å². The zero-order valence-electron chi connectivity index (χ0n) is 11.4. The molecule has 1 aliphatic rings. The molecule has 19 heavy (non-hydrogen) atoms. The highest BCUT2D eigenvalue weighted by Gasteiger charge is 2.28. The standard InChI is InChI=1S/C14H20N2O3/c1-3-19-14(17)16-9-8-15-10-13(16)11-4-6-12(18-2)7-5-11/h4-7,13,15H,3,8-10H2,1-2H3. The summed E-state index contributed by atoms with van der Waals surface area (Å²) in [5.41, 5.74) is 1.08. The van der Waals surface area contributed by atoms with Crippen LogP contribution in [0.4, 0.5) is 4.79 Å². The maximum absolute atomic E-state index is 12.0. The van der Waals surface area contributed by atoms with E-state index in [4.69, 9.17) is 9.47 Å². The van der Waals surface area contributed by atoms with E-state index in [1.165, 1.54) is 0 Å². The third-order valence-electron chi connectivity index (χ3n) is 3.25. The first-order valence-corrected chi connectivity index (χ1v) is 6.54. The number of nitrogens with zero attached hydrogens (tertiary/aromatic N) is 1. The van der Waals surface area contributed by atoms with Gasteiger partial charge in [0.15, 0.2) is 0 Å². The summed E-state index contributed by atoms with van der Waals surface area (Å²) < 4.78 is 10.3. The fraction of sp³-hybridized carbons (Fsp3) is 0.500. The van der Waals surface area contributed by atoms with Gasteiger partial charge in [0, 0.05) is 19.6 Å². The first-order chi connectivity index (χ1) is 9.26. The third kappa shape index (κ3) is 3.17. The van der Waals surface area contributed by atoms with Crippen LogP contribution in [-0.4, -0.2) is 44.3 Å². The number of hydrogen-bond acceptors (Lipinski definition) is 4. The van der Waals surface area contributed by atoms with Crippen molar-refractivity contribution in [3.63, 3.8) is 0 Å². The minimum absolute atomic E-state index is 0.0127. The summed E-state index contributed by atoms with van der Waals surface area (Å²) in [5.74, 6) is 0.815. The van der Waals surface area contributed by atoms with Crippen molar-refractivity contribution in [2.75, 3.05) is 33.4 Å². The first kappa shape index (κ1) is 13.7. The molecule has 1 amide bonds. The number of piperazine rings is 1. The summed E-state index contributed by atoms with van der Waals surface area (Å²) in [6.45, 7) is 4.42. The molecule has 1 atom stereocenters. The molecule has 0 aromatic heterocycles. The molecular formula is C14H20N2O3. The number of carbonyl (C=O) groups is 1. The molecule has 0 spiro atoms. The van der Waals surface area contributed by atoms with E-state index in [-0.39, 0.29) is 12.1 Å². The van der Waals surface area contributed by atoms with Crippen LogP contribution >= 0.6 is 0 Å². The van der Waals surface area contributed by atoms with Gasteiger partial charge in [0.05, 0.1) is 19.8 Å². The summed E-state index contributed by atoms with van der Waals surface area (Å²) in [5, 5.41) is 3.31. The fourth-order valence-electron chi connectivity index (χ4n) is 2.25. The van der Waals surface area contributed by atoms with Gasteiger partial charge in [0.25, 0.3) is 0 Å². The van der Waals surface area contributed by atoms with Crippen molar-refractivity contribution in [1.82, 2.24) is 10.2 Å². The molecule has 1 unspecified atom stereocenters. The average molecular weight is 264 g/mol. The van der Waals surface area contributed by atoms with Crippen molar-refractivity contribution in [3.8, 4) is 5.75 Å². The molecule has 0 radical (unpaired) electrons. The lowest BCUT2D eigenvalue weighted by Gasteiger charge is -2.35. The van der Waals surface area contributed by atoms with Crippen LogP contribution in [0.25, 0.3) is 0 Å². The number of benzene rings is 1. The summed E-state index contributed by atoms with van der Waals surface area (Å²) in [4.78, 5) is 13.7. The van der Waals surface area contributed by atoms with E-state index in [1.807, 2.05) is 31.2 Å². The van der Waals surface area contributed by atoms with Crippen LogP contribution in [-0.2, 0) is 4.74 Å². The van der Waals surface area contributed by atoms with Crippen LogP contribution in [0.1, 0.15) is 18.5 Å². The van der Waals surface area contributed by atoms with Gasteiger partial charge in [-0.25, -0.2) is 4.79 Å². The zero-order chi connectivity index (χ0) is 13.7. The molecule has 0 aliphatic carbocycles. The predicted octanol–water partition coefficient (Wildman–Crippen LogP) is 1.80. The average Bonchev–Trinajstić information content (AvgIpc) is 2.47. The van der Waals surface area contributed by atoms with Gasteiger partial charge in [0.2, 0.25) is 0 Å². The van der Waals surface area contributed by atoms with Gasteiger partial charge >= 0.3 is 6.09 Å². The normalized spacial score (nSPS) is 19.1. The Morgan fingerprint density at radius 2 is 2.16 bits per heavy atom. The second-order valence-corrected chi connectivity index (χ2v) is 4.39. The number of rotatable bonds is 3. The topological polar surface area (TPSA) is 50.8 Å². The molecule has 5 nitrogen and oxygen atoms in total. The van der Waals surface area contributed by atoms with Gasteiger partial charge in [0.1, 0.15) is 5.75 Å². The minimum Gasteiger partial charge on any atom is -0.497 e. The Morgan fingerprint density at radius 1 is 1.42 bits per heavy atom. The molecule has 0 saturated carbocycles. The number of hydrogen-bond donors (Lipinski definition) is 1. The Kier molecular flexibility index (Phi) is 4.63. The molecule has 1 aromatic rings.